The lowest BCUT2D eigenvalue weighted by molar-refractivity contribution is -0.241. The molecule has 8 heteroatoms. The standard InChI is InChI=1S/C9H19NO.C3Cl3N3/c1-8(2)6-5-7-9(3,4)10(8)11;4-1-7-2(5)9-3(6)8-1/h11H,5-7H2,1-4H3;. The van der Waals surface area contributed by atoms with Crippen molar-refractivity contribution < 1.29 is 5.21 Å². The van der Waals surface area contributed by atoms with Crippen LogP contribution in [0.25, 0.3) is 0 Å². The summed E-state index contributed by atoms with van der Waals surface area (Å²) in [6.45, 7) is 8.36. The number of aromatic nitrogens is 3. The van der Waals surface area contributed by atoms with Crippen molar-refractivity contribution in [3.63, 3.8) is 0 Å². The van der Waals surface area contributed by atoms with Crippen LogP contribution in [-0.2, 0) is 0 Å². The van der Waals surface area contributed by atoms with E-state index in [9.17, 15) is 5.21 Å². The molecule has 1 fully saturated rings. The molecule has 114 valence electrons. The van der Waals surface area contributed by atoms with Gasteiger partial charge >= 0.3 is 0 Å². The molecule has 0 unspecified atom stereocenters. The summed E-state index contributed by atoms with van der Waals surface area (Å²) >= 11 is 16.0. The number of nitrogens with zero attached hydrogens (tertiary/aromatic N) is 4. The molecule has 1 aromatic rings. The first-order valence-corrected chi connectivity index (χ1v) is 7.40. The van der Waals surface area contributed by atoms with Gasteiger partial charge in [0.15, 0.2) is 0 Å². The average molecular weight is 342 g/mol. The fourth-order valence-corrected chi connectivity index (χ4v) is 2.90. The lowest BCUT2D eigenvalue weighted by atomic mass is 9.82. The van der Waals surface area contributed by atoms with E-state index >= 15 is 0 Å². The van der Waals surface area contributed by atoms with Gasteiger partial charge in [0.1, 0.15) is 0 Å². The largest absolute Gasteiger partial charge is 0.313 e. The van der Waals surface area contributed by atoms with Gasteiger partial charge in [0, 0.05) is 11.1 Å². The van der Waals surface area contributed by atoms with Gasteiger partial charge in [0.05, 0.1) is 0 Å². The highest BCUT2D eigenvalue weighted by molar-refractivity contribution is 6.33. The first kappa shape index (κ1) is 17.9. The molecule has 0 atom stereocenters. The molecule has 0 amide bonds. The zero-order valence-electron chi connectivity index (χ0n) is 12.0. The van der Waals surface area contributed by atoms with Crippen LogP contribution in [0.3, 0.4) is 0 Å². The lowest BCUT2D eigenvalue weighted by Crippen LogP contribution is -2.56. The minimum absolute atomic E-state index is 0.000000000000000444. The molecule has 1 aliphatic heterocycles. The van der Waals surface area contributed by atoms with Crippen molar-refractivity contribution in [3.8, 4) is 0 Å². The Morgan fingerprint density at radius 2 is 1.15 bits per heavy atom. The fourth-order valence-electron chi connectivity index (χ4n) is 2.29. The number of hydrogen-bond acceptors (Lipinski definition) is 5. The van der Waals surface area contributed by atoms with Gasteiger partial charge in [-0.1, -0.05) is 0 Å². The smallest absolute Gasteiger partial charge is 0.227 e. The third kappa shape index (κ3) is 4.97. The molecule has 0 saturated carbocycles. The van der Waals surface area contributed by atoms with E-state index in [1.165, 1.54) is 11.5 Å². The molecule has 0 radical (unpaired) electrons. The predicted molar refractivity (Wildman–Crippen MR) is 80.5 cm³/mol. The first-order valence-electron chi connectivity index (χ1n) is 6.26. The summed E-state index contributed by atoms with van der Waals surface area (Å²) in [4.78, 5) is 10.4. The maximum atomic E-state index is 9.80. The third-order valence-electron chi connectivity index (χ3n) is 3.28. The van der Waals surface area contributed by atoms with Crippen LogP contribution in [0.1, 0.15) is 47.0 Å². The van der Waals surface area contributed by atoms with E-state index in [4.69, 9.17) is 34.8 Å². The van der Waals surface area contributed by atoms with Crippen molar-refractivity contribution in [1.29, 1.82) is 0 Å². The van der Waals surface area contributed by atoms with Gasteiger partial charge in [0.25, 0.3) is 0 Å². The molecule has 0 aliphatic carbocycles. The van der Waals surface area contributed by atoms with Crippen molar-refractivity contribution in [2.24, 2.45) is 0 Å². The summed E-state index contributed by atoms with van der Waals surface area (Å²) < 4.78 is 0. The Morgan fingerprint density at radius 1 is 0.850 bits per heavy atom. The minimum Gasteiger partial charge on any atom is -0.313 e. The molecule has 0 bridgehead atoms. The van der Waals surface area contributed by atoms with E-state index in [0.29, 0.717) is 0 Å². The summed E-state index contributed by atoms with van der Waals surface area (Å²) in [5.74, 6) is 0. The summed E-state index contributed by atoms with van der Waals surface area (Å²) in [6.07, 6.45) is 3.40. The molecule has 0 aromatic carbocycles. The highest BCUT2D eigenvalue weighted by atomic mass is 35.5. The van der Waals surface area contributed by atoms with E-state index in [-0.39, 0.29) is 26.9 Å². The van der Waals surface area contributed by atoms with E-state index in [1.807, 2.05) is 0 Å². The molecule has 2 rings (SSSR count). The van der Waals surface area contributed by atoms with Crippen molar-refractivity contribution in [1.82, 2.24) is 20.0 Å². The predicted octanol–water partition coefficient (Wildman–Crippen LogP) is 4.25. The maximum Gasteiger partial charge on any atom is 0.227 e. The highest BCUT2D eigenvalue weighted by Gasteiger charge is 2.40. The van der Waals surface area contributed by atoms with Crippen molar-refractivity contribution in [2.75, 3.05) is 0 Å². The summed E-state index contributed by atoms with van der Waals surface area (Å²) in [5.41, 5.74) is -0.0799. The highest BCUT2D eigenvalue weighted by Crippen LogP contribution is 2.35. The van der Waals surface area contributed by atoms with Crippen LogP contribution in [0.2, 0.25) is 15.9 Å². The molecule has 20 heavy (non-hydrogen) atoms. The van der Waals surface area contributed by atoms with E-state index in [0.717, 1.165) is 12.8 Å². The monoisotopic (exact) mass is 340 g/mol. The average Bonchev–Trinajstić information content (AvgIpc) is 2.24. The quantitative estimate of drug-likeness (QED) is 0.764. The lowest BCUT2D eigenvalue weighted by Gasteiger charge is -2.48. The maximum absolute atomic E-state index is 9.80. The van der Waals surface area contributed by atoms with Crippen LogP contribution in [0.5, 0.6) is 0 Å². The Morgan fingerprint density at radius 3 is 1.40 bits per heavy atom. The van der Waals surface area contributed by atoms with Gasteiger partial charge in [-0.2, -0.15) is 20.0 Å². The van der Waals surface area contributed by atoms with Crippen LogP contribution in [-0.4, -0.2) is 36.3 Å². The second-order valence-corrected chi connectivity index (χ2v) is 6.95. The molecule has 1 aliphatic rings. The number of hydroxylamine groups is 2. The van der Waals surface area contributed by atoms with Crippen LogP contribution < -0.4 is 0 Å². The molecule has 1 saturated heterocycles. The van der Waals surface area contributed by atoms with Gasteiger partial charge in [-0.3, -0.25) is 0 Å². The number of rotatable bonds is 0. The molecular weight excluding hydrogens is 323 g/mol. The Balaban J connectivity index is 0.000000204. The fraction of sp³-hybridized carbons (Fsp3) is 0.750. The van der Waals surface area contributed by atoms with E-state index < -0.39 is 0 Å². The Bertz CT molecular complexity index is 402. The number of hydrogen-bond donors (Lipinski definition) is 1. The Labute approximate surface area is 134 Å². The second kappa shape index (κ2) is 6.71. The zero-order chi connectivity index (χ0) is 15.6. The van der Waals surface area contributed by atoms with Crippen LogP contribution in [0.15, 0.2) is 0 Å². The van der Waals surface area contributed by atoms with Gasteiger partial charge < -0.3 is 5.21 Å². The van der Waals surface area contributed by atoms with Crippen LogP contribution in [0.4, 0.5) is 0 Å². The number of halogens is 3. The van der Waals surface area contributed by atoms with Gasteiger partial charge in [-0.25, -0.2) is 0 Å². The van der Waals surface area contributed by atoms with Gasteiger partial charge in [-0.15, -0.1) is 0 Å². The van der Waals surface area contributed by atoms with Gasteiger partial charge in [0.2, 0.25) is 15.9 Å². The second-order valence-electron chi connectivity index (χ2n) is 5.93. The summed E-state index contributed by atoms with van der Waals surface area (Å²) in [7, 11) is 0. The molecule has 1 N–H and O–H groups in total. The Kier molecular flexibility index (Phi) is 5.99. The number of piperidine rings is 1. The molecule has 5 nitrogen and oxygen atoms in total. The molecule has 1 aromatic heterocycles. The summed E-state index contributed by atoms with van der Waals surface area (Å²) in [6, 6.07) is 0. The SMILES string of the molecule is CC1(C)CCCC(C)(C)N1O.Clc1nc(Cl)nc(Cl)n1. The normalized spacial score (nSPS) is 21.0. The zero-order valence-corrected chi connectivity index (χ0v) is 14.3. The van der Waals surface area contributed by atoms with E-state index in [1.54, 1.807) is 0 Å². The van der Waals surface area contributed by atoms with Crippen molar-refractivity contribution in [3.05, 3.63) is 15.9 Å². The van der Waals surface area contributed by atoms with Crippen molar-refractivity contribution >= 4 is 34.8 Å². The molecule has 2 heterocycles. The van der Waals surface area contributed by atoms with Gasteiger partial charge in [-0.05, 0) is 81.8 Å². The Hall–Kier alpha value is -0.200. The van der Waals surface area contributed by atoms with E-state index in [2.05, 4.69) is 42.6 Å². The van der Waals surface area contributed by atoms with Crippen LogP contribution in [0, 0.1) is 0 Å². The topological polar surface area (TPSA) is 62.1 Å². The first-order chi connectivity index (χ1) is 9.04. The molecular formula is C12H19Cl3N4O. The minimum atomic E-state index is -0.0399. The third-order valence-corrected chi connectivity index (χ3v) is 3.78. The van der Waals surface area contributed by atoms with Crippen LogP contribution >= 0.6 is 34.8 Å². The molecule has 0 spiro atoms. The van der Waals surface area contributed by atoms with Crippen molar-refractivity contribution in [2.45, 2.75) is 58.0 Å². The summed E-state index contributed by atoms with van der Waals surface area (Å²) in [5, 5.41) is 11.3.